The summed E-state index contributed by atoms with van der Waals surface area (Å²) in [6, 6.07) is 11.8. The molecule has 0 atom stereocenters. The molecule has 0 unspecified atom stereocenters. The second-order valence-corrected chi connectivity index (χ2v) is 7.26. The van der Waals surface area contributed by atoms with E-state index in [9.17, 15) is 9.90 Å². The summed E-state index contributed by atoms with van der Waals surface area (Å²) in [6.45, 7) is 2.70. The molecular weight excluding hydrogens is 378 g/mol. The molecule has 0 saturated carbocycles. The summed E-state index contributed by atoms with van der Waals surface area (Å²) < 4.78 is 0. The number of hydrogen-bond acceptors (Lipinski definition) is 6. The summed E-state index contributed by atoms with van der Waals surface area (Å²) in [5.74, 6) is 0.606. The third-order valence-electron chi connectivity index (χ3n) is 4.77. The van der Waals surface area contributed by atoms with E-state index in [0.29, 0.717) is 37.0 Å². The van der Waals surface area contributed by atoms with Crippen LogP contribution in [0.1, 0.15) is 11.1 Å². The van der Waals surface area contributed by atoms with Crippen LogP contribution in [-0.2, 0) is 17.9 Å². The third-order valence-corrected chi connectivity index (χ3v) is 4.98. The highest BCUT2D eigenvalue weighted by molar-refractivity contribution is 6.30. The normalized spacial score (nSPS) is 15.3. The van der Waals surface area contributed by atoms with E-state index in [2.05, 4.69) is 16.0 Å². The van der Waals surface area contributed by atoms with E-state index >= 15 is 0 Å². The Balaban J connectivity index is 1.41. The summed E-state index contributed by atoms with van der Waals surface area (Å²) in [7, 11) is 0. The van der Waals surface area contributed by atoms with Crippen LogP contribution in [0.3, 0.4) is 0 Å². The minimum Gasteiger partial charge on any atom is -0.508 e. The van der Waals surface area contributed by atoms with E-state index in [1.54, 1.807) is 6.07 Å². The first-order valence-electron chi connectivity index (χ1n) is 8.88. The Hall–Kier alpha value is -2.90. The largest absolute Gasteiger partial charge is 0.508 e. The number of benzene rings is 2. The van der Waals surface area contributed by atoms with Crippen LogP contribution in [-0.4, -0.2) is 50.4 Å². The van der Waals surface area contributed by atoms with Gasteiger partial charge in [-0.2, -0.15) is 0 Å². The van der Waals surface area contributed by atoms with Crippen molar-refractivity contribution in [2.45, 2.75) is 13.1 Å². The molecule has 7 nitrogen and oxygen atoms in total. The molecule has 8 heteroatoms. The average molecular weight is 397 g/mol. The van der Waals surface area contributed by atoms with E-state index in [1.165, 1.54) is 12.4 Å². The molecule has 1 radical (unpaired) electrons. The van der Waals surface area contributed by atoms with Crippen molar-refractivity contribution in [2.75, 3.05) is 25.4 Å². The summed E-state index contributed by atoms with van der Waals surface area (Å²) in [5.41, 5.74) is 8.40. The molecule has 0 bridgehead atoms. The smallest absolute Gasteiger partial charge is 0.237 e. The predicted octanol–water partition coefficient (Wildman–Crippen LogP) is 2.22. The van der Waals surface area contributed by atoms with Gasteiger partial charge in [-0.05, 0) is 35.4 Å². The molecule has 0 spiro atoms. The number of piperazine rings is 1. The van der Waals surface area contributed by atoms with Gasteiger partial charge in [-0.3, -0.25) is 9.69 Å². The number of aromatic nitrogens is 2. The van der Waals surface area contributed by atoms with Gasteiger partial charge in [0.1, 0.15) is 17.9 Å². The summed E-state index contributed by atoms with van der Waals surface area (Å²) in [4.78, 5) is 24.7. The highest BCUT2D eigenvalue weighted by Crippen LogP contribution is 2.22. The van der Waals surface area contributed by atoms with Crippen LogP contribution in [0, 0.1) is 6.07 Å². The van der Waals surface area contributed by atoms with Gasteiger partial charge in [-0.1, -0.05) is 17.7 Å². The molecule has 1 fully saturated rings. The van der Waals surface area contributed by atoms with E-state index in [1.807, 2.05) is 28.0 Å². The number of phenolic OH excluding ortho intramolecular Hbond substituents is 1. The first-order chi connectivity index (χ1) is 13.5. The zero-order chi connectivity index (χ0) is 19.7. The summed E-state index contributed by atoms with van der Waals surface area (Å²) in [5, 5.41) is 10.8. The highest BCUT2D eigenvalue weighted by Gasteiger charge is 2.24. The number of nitrogens with two attached hydrogens (primary N) is 1. The number of phenols is 1. The van der Waals surface area contributed by atoms with Crippen LogP contribution in [0.5, 0.6) is 5.75 Å². The highest BCUT2D eigenvalue weighted by atomic mass is 35.5. The fraction of sp³-hybridized carbons (Fsp3) is 0.250. The maximum Gasteiger partial charge on any atom is 0.237 e. The van der Waals surface area contributed by atoms with Crippen LogP contribution in [0.15, 0.2) is 36.7 Å². The number of fused-ring (bicyclic) bond motifs is 1. The molecule has 2 heterocycles. The van der Waals surface area contributed by atoms with Crippen molar-refractivity contribution in [3.63, 3.8) is 0 Å². The lowest BCUT2D eigenvalue weighted by Gasteiger charge is -2.34. The SMILES string of the molecule is Nc1ncnc2cc(CN3CCN(Cc4[c]c(Cl)cc(O)c4)CC3=O)ccc12. The lowest BCUT2D eigenvalue weighted by molar-refractivity contribution is -0.136. The molecular formula is C20H19ClN5O2. The lowest BCUT2D eigenvalue weighted by Crippen LogP contribution is -2.49. The number of nitrogens with zero attached hydrogens (tertiary/aromatic N) is 4. The molecule has 1 amide bonds. The molecule has 143 valence electrons. The van der Waals surface area contributed by atoms with Crippen molar-refractivity contribution < 1.29 is 9.90 Å². The number of carbonyl (C=O) groups excluding carboxylic acids is 1. The van der Waals surface area contributed by atoms with Gasteiger partial charge < -0.3 is 15.7 Å². The first-order valence-corrected chi connectivity index (χ1v) is 9.26. The molecule has 1 aliphatic rings. The van der Waals surface area contributed by atoms with Crippen molar-refractivity contribution in [3.8, 4) is 5.75 Å². The molecule has 3 aromatic rings. The van der Waals surface area contributed by atoms with Gasteiger partial charge in [-0.15, -0.1) is 0 Å². The lowest BCUT2D eigenvalue weighted by atomic mass is 10.1. The topological polar surface area (TPSA) is 95.6 Å². The third kappa shape index (κ3) is 4.00. The van der Waals surface area contributed by atoms with Crippen LogP contribution in [0.2, 0.25) is 5.02 Å². The average Bonchev–Trinajstić information content (AvgIpc) is 2.63. The number of rotatable bonds is 4. The first kappa shape index (κ1) is 18.5. The minimum absolute atomic E-state index is 0.0554. The molecule has 28 heavy (non-hydrogen) atoms. The molecule has 3 N–H and O–H groups in total. The van der Waals surface area contributed by atoms with E-state index in [0.717, 1.165) is 28.6 Å². The Morgan fingerprint density at radius 3 is 2.82 bits per heavy atom. The van der Waals surface area contributed by atoms with Crippen molar-refractivity contribution in [3.05, 3.63) is 58.9 Å². The van der Waals surface area contributed by atoms with Gasteiger partial charge in [0.2, 0.25) is 5.91 Å². The van der Waals surface area contributed by atoms with E-state index in [-0.39, 0.29) is 11.7 Å². The van der Waals surface area contributed by atoms with Gasteiger partial charge in [0.25, 0.3) is 0 Å². The van der Waals surface area contributed by atoms with Crippen LogP contribution >= 0.6 is 11.6 Å². The Morgan fingerprint density at radius 2 is 2.04 bits per heavy atom. The Bertz CT molecular complexity index is 1020. The Kier molecular flexibility index (Phi) is 5.02. The van der Waals surface area contributed by atoms with Crippen molar-refractivity contribution in [2.24, 2.45) is 0 Å². The van der Waals surface area contributed by atoms with Crippen LogP contribution < -0.4 is 5.73 Å². The zero-order valence-electron chi connectivity index (χ0n) is 15.1. The van der Waals surface area contributed by atoms with Gasteiger partial charge in [-0.25, -0.2) is 9.97 Å². The fourth-order valence-electron chi connectivity index (χ4n) is 3.40. The second-order valence-electron chi connectivity index (χ2n) is 6.85. The zero-order valence-corrected chi connectivity index (χ0v) is 15.9. The molecule has 1 aliphatic heterocycles. The molecule has 1 aromatic heterocycles. The Morgan fingerprint density at radius 1 is 1.18 bits per heavy atom. The molecule has 4 rings (SSSR count). The second kappa shape index (κ2) is 7.61. The monoisotopic (exact) mass is 396 g/mol. The maximum absolute atomic E-state index is 12.6. The van der Waals surface area contributed by atoms with Crippen molar-refractivity contribution >= 4 is 34.2 Å². The van der Waals surface area contributed by atoms with Crippen LogP contribution in [0.25, 0.3) is 10.9 Å². The number of halogens is 1. The summed E-state index contributed by atoms with van der Waals surface area (Å²) >= 11 is 5.94. The Labute approximate surface area is 167 Å². The molecule has 0 aliphatic carbocycles. The number of carbonyl (C=O) groups is 1. The number of hydrogen-bond donors (Lipinski definition) is 2. The van der Waals surface area contributed by atoms with Gasteiger partial charge in [0.05, 0.1) is 17.1 Å². The quantitative estimate of drug-likeness (QED) is 0.702. The predicted molar refractivity (Wildman–Crippen MR) is 107 cm³/mol. The van der Waals surface area contributed by atoms with Gasteiger partial charge in [0.15, 0.2) is 0 Å². The van der Waals surface area contributed by atoms with E-state index < -0.39 is 0 Å². The fourth-order valence-corrected chi connectivity index (χ4v) is 3.64. The summed E-state index contributed by atoms with van der Waals surface area (Å²) in [6.07, 6.45) is 1.44. The van der Waals surface area contributed by atoms with Gasteiger partial charge in [0, 0.05) is 37.6 Å². The standard InChI is InChI=1S/C20H19ClN5O2/c21-15-5-14(6-16(27)8-15)9-25-3-4-26(19(28)11-25)10-13-1-2-17-18(7-13)23-12-24-20(17)22/h1-2,6-8,12,27H,3-4,9-11H2,(H2,22,23,24). The number of amides is 1. The molecule has 1 saturated heterocycles. The number of aromatic hydroxyl groups is 1. The minimum atomic E-state index is 0.0554. The van der Waals surface area contributed by atoms with Gasteiger partial charge >= 0.3 is 0 Å². The van der Waals surface area contributed by atoms with Crippen molar-refractivity contribution in [1.29, 1.82) is 0 Å². The van der Waals surface area contributed by atoms with Crippen LogP contribution in [0.4, 0.5) is 5.82 Å². The number of anilines is 1. The van der Waals surface area contributed by atoms with Crippen molar-refractivity contribution in [1.82, 2.24) is 19.8 Å². The number of nitrogen functional groups attached to an aromatic ring is 1. The van der Waals surface area contributed by atoms with E-state index in [4.69, 9.17) is 17.3 Å². The molecule has 2 aromatic carbocycles. The maximum atomic E-state index is 12.6.